The van der Waals surface area contributed by atoms with Crippen LogP contribution >= 0.6 is 24.0 Å². The van der Waals surface area contributed by atoms with Crippen LogP contribution in [0.5, 0.6) is 11.5 Å². The third-order valence-electron chi connectivity index (χ3n) is 7.65. The first kappa shape index (κ1) is 29.7. The van der Waals surface area contributed by atoms with Crippen LogP contribution in [-0.2, 0) is 11.2 Å². The van der Waals surface area contributed by atoms with E-state index in [0.29, 0.717) is 45.1 Å². The fraction of sp³-hybridized carbons (Fsp3) is 0.548. The molecule has 1 aromatic heterocycles. The van der Waals surface area contributed by atoms with Gasteiger partial charge in [-0.2, -0.15) is 0 Å². The second kappa shape index (κ2) is 14.9. The Hall–Kier alpha value is -2.29. The summed E-state index contributed by atoms with van der Waals surface area (Å²) in [5, 5.41) is 9.47. The first-order valence-corrected chi connectivity index (χ1v) is 15.5. The molecule has 212 valence electrons. The number of hydrogen-bond acceptors (Lipinski definition) is 7. The lowest BCUT2D eigenvalue weighted by Crippen LogP contribution is -2.38. The number of methoxy groups -OCH3 is 2. The molecule has 1 saturated heterocycles. The third kappa shape index (κ3) is 7.68. The van der Waals surface area contributed by atoms with Gasteiger partial charge in [-0.1, -0.05) is 81.8 Å². The van der Waals surface area contributed by atoms with Gasteiger partial charge in [-0.05, 0) is 49.4 Å². The SMILES string of the molecule is COc1ccc(-c2cc(CCCO)c(/C=C3\SC(=S)N(C4CCCCCCCCCCC4)C3=O)o2)c(OC)c1. The molecule has 0 spiro atoms. The van der Waals surface area contributed by atoms with Crippen LogP contribution < -0.4 is 9.47 Å². The molecule has 4 rings (SSSR count). The van der Waals surface area contributed by atoms with Crippen molar-refractivity contribution in [3.63, 3.8) is 0 Å². The van der Waals surface area contributed by atoms with Crippen LogP contribution in [0.1, 0.15) is 88.4 Å². The van der Waals surface area contributed by atoms with E-state index in [-0.39, 0.29) is 18.6 Å². The summed E-state index contributed by atoms with van der Waals surface area (Å²) in [6.45, 7) is 0.0790. The molecule has 0 bridgehead atoms. The van der Waals surface area contributed by atoms with Crippen LogP contribution in [0.15, 0.2) is 33.6 Å². The second-order valence-corrected chi connectivity index (χ2v) is 12.0. The average molecular weight is 572 g/mol. The molecule has 2 aliphatic rings. The molecule has 1 aliphatic carbocycles. The fourth-order valence-corrected chi connectivity index (χ4v) is 6.85. The number of aliphatic hydroxyl groups excluding tert-OH is 1. The zero-order chi connectivity index (χ0) is 27.6. The molecule has 1 N–H and O–H groups in total. The summed E-state index contributed by atoms with van der Waals surface area (Å²) in [6.07, 6.45) is 16.3. The number of amides is 1. The number of hydrogen-bond donors (Lipinski definition) is 1. The summed E-state index contributed by atoms with van der Waals surface area (Å²) in [7, 11) is 3.23. The number of aryl methyl sites for hydroxylation is 1. The molecule has 8 heteroatoms. The number of nitrogens with zero attached hydrogens (tertiary/aromatic N) is 1. The molecule has 2 aromatic rings. The van der Waals surface area contributed by atoms with E-state index in [1.807, 2.05) is 35.2 Å². The van der Waals surface area contributed by atoms with Gasteiger partial charge in [0.15, 0.2) is 0 Å². The summed E-state index contributed by atoms with van der Waals surface area (Å²) >= 11 is 7.12. The van der Waals surface area contributed by atoms with Crippen molar-refractivity contribution >= 4 is 40.3 Å². The van der Waals surface area contributed by atoms with Crippen molar-refractivity contribution in [3.8, 4) is 22.8 Å². The van der Waals surface area contributed by atoms with E-state index >= 15 is 0 Å². The molecule has 2 heterocycles. The van der Waals surface area contributed by atoms with E-state index in [1.54, 1.807) is 14.2 Å². The van der Waals surface area contributed by atoms with Crippen molar-refractivity contribution in [2.45, 2.75) is 89.5 Å². The standard InChI is InChI=1S/C31H41NO5S2/c1-35-24-16-17-25(27(20-24)36-2)28-19-22(13-12-18-33)26(37-28)21-29-30(34)32(31(38)39-29)23-14-10-8-6-4-3-5-7-9-11-15-23/h16-17,19-21,23,33H,3-15,18H2,1-2H3/b29-21-. The highest BCUT2D eigenvalue weighted by Crippen LogP contribution is 2.40. The largest absolute Gasteiger partial charge is 0.497 e. The quantitative estimate of drug-likeness (QED) is 0.256. The number of thioether (sulfide) groups is 1. The normalized spacial score (nSPS) is 19.3. The Morgan fingerprint density at radius 1 is 1.03 bits per heavy atom. The maximum atomic E-state index is 13.7. The molecule has 6 nitrogen and oxygen atoms in total. The molecule has 0 unspecified atom stereocenters. The zero-order valence-corrected chi connectivity index (χ0v) is 24.8. The maximum Gasteiger partial charge on any atom is 0.266 e. The molecule has 1 aliphatic heterocycles. The van der Waals surface area contributed by atoms with Crippen LogP contribution in [0.25, 0.3) is 17.4 Å². The van der Waals surface area contributed by atoms with Crippen LogP contribution in [-0.4, -0.2) is 47.1 Å². The van der Waals surface area contributed by atoms with Gasteiger partial charge in [0.2, 0.25) is 0 Å². The monoisotopic (exact) mass is 571 g/mol. The molecule has 1 amide bonds. The summed E-state index contributed by atoms with van der Waals surface area (Å²) in [6, 6.07) is 7.71. The molecule has 1 aromatic carbocycles. The first-order chi connectivity index (χ1) is 19.0. The van der Waals surface area contributed by atoms with Gasteiger partial charge in [-0.25, -0.2) is 0 Å². The Morgan fingerprint density at radius 2 is 1.69 bits per heavy atom. The Kier molecular flexibility index (Phi) is 11.4. The minimum absolute atomic E-state index is 0.0184. The predicted molar refractivity (Wildman–Crippen MR) is 162 cm³/mol. The highest BCUT2D eigenvalue weighted by Gasteiger charge is 2.37. The molecule has 0 atom stereocenters. The number of ether oxygens (including phenoxy) is 2. The summed E-state index contributed by atoms with van der Waals surface area (Å²) in [4.78, 5) is 16.2. The van der Waals surface area contributed by atoms with Gasteiger partial charge in [0, 0.05) is 24.8 Å². The lowest BCUT2D eigenvalue weighted by Gasteiger charge is -2.27. The summed E-state index contributed by atoms with van der Waals surface area (Å²) in [5.74, 6) is 2.57. The Labute approximate surface area is 242 Å². The Bertz CT molecular complexity index is 1150. The first-order valence-electron chi connectivity index (χ1n) is 14.3. The minimum atomic E-state index is -0.0184. The Morgan fingerprint density at radius 3 is 2.31 bits per heavy atom. The smallest absolute Gasteiger partial charge is 0.266 e. The van der Waals surface area contributed by atoms with Gasteiger partial charge >= 0.3 is 0 Å². The number of carbonyl (C=O) groups is 1. The number of rotatable bonds is 8. The van der Waals surface area contributed by atoms with Gasteiger partial charge in [0.25, 0.3) is 5.91 Å². The van der Waals surface area contributed by atoms with Gasteiger partial charge in [-0.15, -0.1) is 0 Å². The van der Waals surface area contributed by atoms with E-state index in [4.69, 9.17) is 26.1 Å². The van der Waals surface area contributed by atoms with Crippen molar-refractivity contribution < 1.29 is 23.8 Å². The Balaban J connectivity index is 1.59. The van der Waals surface area contributed by atoms with Crippen LogP contribution in [0, 0.1) is 0 Å². The van der Waals surface area contributed by atoms with Crippen molar-refractivity contribution in [2.24, 2.45) is 0 Å². The van der Waals surface area contributed by atoms with Crippen LogP contribution in [0.3, 0.4) is 0 Å². The van der Waals surface area contributed by atoms with Gasteiger partial charge in [-0.3, -0.25) is 9.69 Å². The molecular formula is C31H41NO5S2. The molecule has 0 radical (unpaired) electrons. The van der Waals surface area contributed by atoms with E-state index in [2.05, 4.69) is 0 Å². The summed E-state index contributed by atoms with van der Waals surface area (Å²) < 4.78 is 17.9. The van der Waals surface area contributed by atoms with E-state index in [9.17, 15) is 9.90 Å². The number of benzene rings is 1. The highest BCUT2D eigenvalue weighted by atomic mass is 32.2. The number of aliphatic hydroxyl groups is 1. The van der Waals surface area contributed by atoms with Crippen molar-refractivity contribution in [3.05, 3.63) is 40.5 Å². The average Bonchev–Trinajstić information content (AvgIpc) is 3.46. The van der Waals surface area contributed by atoms with Gasteiger partial charge < -0.3 is 19.0 Å². The van der Waals surface area contributed by atoms with E-state index in [1.165, 1.54) is 56.7 Å². The van der Waals surface area contributed by atoms with E-state index < -0.39 is 0 Å². The third-order valence-corrected chi connectivity index (χ3v) is 8.98. The number of carbonyl (C=O) groups excluding carboxylic acids is 1. The highest BCUT2D eigenvalue weighted by molar-refractivity contribution is 8.26. The van der Waals surface area contributed by atoms with Crippen LogP contribution in [0.2, 0.25) is 0 Å². The molecule has 2 fully saturated rings. The number of furan rings is 1. The molecular weight excluding hydrogens is 530 g/mol. The predicted octanol–water partition coefficient (Wildman–Crippen LogP) is 7.76. The van der Waals surface area contributed by atoms with E-state index in [0.717, 1.165) is 36.8 Å². The van der Waals surface area contributed by atoms with Crippen molar-refractivity contribution in [1.29, 1.82) is 0 Å². The fourth-order valence-electron chi connectivity index (χ4n) is 5.48. The second-order valence-electron chi connectivity index (χ2n) is 10.4. The zero-order valence-electron chi connectivity index (χ0n) is 23.2. The summed E-state index contributed by atoms with van der Waals surface area (Å²) in [5.41, 5.74) is 1.73. The molecule has 39 heavy (non-hydrogen) atoms. The van der Waals surface area contributed by atoms with Gasteiger partial charge in [0.05, 0.1) is 24.7 Å². The topological polar surface area (TPSA) is 72.1 Å². The van der Waals surface area contributed by atoms with Crippen LogP contribution in [0.4, 0.5) is 0 Å². The molecule has 1 saturated carbocycles. The minimum Gasteiger partial charge on any atom is -0.497 e. The lowest BCUT2D eigenvalue weighted by atomic mass is 9.97. The lowest BCUT2D eigenvalue weighted by molar-refractivity contribution is -0.123. The van der Waals surface area contributed by atoms with Gasteiger partial charge in [0.1, 0.15) is 27.3 Å². The maximum absolute atomic E-state index is 13.7. The van der Waals surface area contributed by atoms with Crippen molar-refractivity contribution in [2.75, 3.05) is 20.8 Å². The number of thiocarbonyl (C=S) groups is 1. The van der Waals surface area contributed by atoms with Crippen molar-refractivity contribution in [1.82, 2.24) is 4.90 Å².